The molecule has 0 fully saturated rings. The fraction of sp³-hybridized carbons (Fsp3) is 0.238. The van der Waals surface area contributed by atoms with Crippen LogP contribution in [0.25, 0.3) is 11.5 Å². The van der Waals surface area contributed by atoms with Gasteiger partial charge >= 0.3 is 6.18 Å². The maximum absolute atomic E-state index is 12.4. The summed E-state index contributed by atoms with van der Waals surface area (Å²) in [6, 6.07) is 16.1. The van der Waals surface area contributed by atoms with Crippen LogP contribution in [0, 0.1) is 0 Å². The largest absolute Gasteiger partial charge is 0.484 e. The first-order valence-electron chi connectivity index (χ1n) is 9.16. The van der Waals surface area contributed by atoms with Crippen molar-refractivity contribution in [2.75, 3.05) is 13.7 Å². The van der Waals surface area contributed by atoms with Gasteiger partial charge in [-0.05, 0) is 18.2 Å². The SMILES string of the molecule is CN=C(NCc1coc(-c2ccccc2)n1)NCc1ccccc1OCC(F)(F)F.I. The molecule has 2 N–H and O–H groups in total. The third-order valence-electron chi connectivity index (χ3n) is 4.04. The van der Waals surface area contributed by atoms with E-state index in [-0.39, 0.29) is 36.3 Å². The summed E-state index contributed by atoms with van der Waals surface area (Å²) in [6.07, 6.45) is -2.84. The predicted molar refractivity (Wildman–Crippen MR) is 122 cm³/mol. The zero-order valence-electron chi connectivity index (χ0n) is 16.6. The van der Waals surface area contributed by atoms with E-state index in [4.69, 9.17) is 9.15 Å². The molecule has 0 bridgehead atoms. The van der Waals surface area contributed by atoms with Gasteiger partial charge in [0.2, 0.25) is 5.89 Å². The van der Waals surface area contributed by atoms with Crippen LogP contribution < -0.4 is 15.4 Å². The Kier molecular flexibility index (Phi) is 9.16. The lowest BCUT2D eigenvalue weighted by Gasteiger charge is -2.15. The van der Waals surface area contributed by atoms with Gasteiger partial charge in [-0.3, -0.25) is 4.99 Å². The Balaban J connectivity index is 0.00000341. The topological polar surface area (TPSA) is 71.7 Å². The van der Waals surface area contributed by atoms with Crippen LogP contribution in [0.2, 0.25) is 0 Å². The third kappa shape index (κ3) is 7.78. The van der Waals surface area contributed by atoms with Gasteiger partial charge in [-0.2, -0.15) is 13.2 Å². The molecule has 0 unspecified atom stereocenters. The number of halogens is 4. The van der Waals surface area contributed by atoms with Crippen molar-refractivity contribution in [1.82, 2.24) is 15.6 Å². The van der Waals surface area contributed by atoms with Crippen molar-refractivity contribution in [1.29, 1.82) is 0 Å². The van der Waals surface area contributed by atoms with Gasteiger partial charge in [0.15, 0.2) is 12.6 Å². The second kappa shape index (κ2) is 11.6. The number of aromatic nitrogens is 1. The Bertz CT molecular complexity index is 978. The summed E-state index contributed by atoms with van der Waals surface area (Å²) in [4.78, 5) is 8.54. The van der Waals surface area contributed by atoms with Crippen LogP contribution in [0.4, 0.5) is 13.2 Å². The van der Waals surface area contributed by atoms with Crippen LogP contribution in [-0.2, 0) is 13.1 Å². The van der Waals surface area contributed by atoms with E-state index < -0.39 is 12.8 Å². The number of alkyl halides is 3. The molecule has 0 saturated carbocycles. The molecule has 0 aliphatic rings. The Hall–Kier alpha value is -2.76. The second-order valence-electron chi connectivity index (χ2n) is 6.30. The first kappa shape index (κ1) is 24.5. The molecule has 1 heterocycles. The van der Waals surface area contributed by atoms with Crippen LogP contribution in [-0.4, -0.2) is 30.8 Å². The molecular formula is C21H22F3IN4O2. The van der Waals surface area contributed by atoms with Crippen LogP contribution in [0.5, 0.6) is 5.75 Å². The van der Waals surface area contributed by atoms with Gasteiger partial charge in [-0.15, -0.1) is 24.0 Å². The maximum Gasteiger partial charge on any atom is 0.422 e. The van der Waals surface area contributed by atoms with Crippen LogP contribution in [0.3, 0.4) is 0 Å². The van der Waals surface area contributed by atoms with Crippen LogP contribution >= 0.6 is 24.0 Å². The minimum atomic E-state index is -4.39. The highest BCUT2D eigenvalue weighted by Gasteiger charge is 2.28. The smallest absolute Gasteiger partial charge is 0.422 e. The highest BCUT2D eigenvalue weighted by molar-refractivity contribution is 14.0. The predicted octanol–water partition coefficient (Wildman–Crippen LogP) is 4.77. The normalized spacial score (nSPS) is 11.5. The lowest BCUT2D eigenvalue weighted by atomic mass is 10.2. The standard InChI is InChI=1S/C21H21F3N4O2.HI/c1-25-20(26-11-16-9-5-6-10-18(16)30-14-21(22,23)24)27-12-17-13-29-19(28-17)15-7-3-2-4-8-15;/h2-10,13H,11-12,14H2,1H3,(H2,25,26,27);1H. The van der Waals surface area contributed by atoms with E-state index in [9.17, 15) is 13.2 Å². The number of guanidine groups is 1. The van der Waals surface area contributed by atoms with Gasteiger partial charge in [0.25, 0.3) is 0 Å². The van der Waals surface area contributed by atoms with Gasteiger partial charge in [0.05, 0.1) is 12.2 Å². The minimum absolute atomic E-state index is 0. The van der Waals surface area contributed by atoms with Gasteiger partial charge in [0, 0.05) is 24.7 Å². The fourth-order valence-electron chi connectivity index (χ4n) is 2.63. The Morgan fingerprint density at radius 2 is 1.71 bits per heavy atom. The molecule has 166 valence electrons. The summed E-state index contributed by atoms with van der Waals surface area (Å²) in [6.45, 7) is -0.739. The molecule has 2 aromatic carbocycles. The summed E-state index contributed by atoms with van der Waals surface area (Å²) >= 11 is 0. The van der Waals surface area contributed by atoms with Crippen molar-refractivity contribution in [3.8, 4) is 17.2 Å². The Morgan fingerprint density at radius 3 is 2.42 bits per heavy atom. The van der Waals surface area contributed by atoms with Crippen molar-refractivity contribution in [2.45, 2.75) is 19.3 Å². The molecule has 0 saturated heterocycles. The summed E-state index contributed by atoms with van der Waals surface area (Å²) in [5.74, 6) is 1.15. The number of benzene rings is 2. The molecule has 0 spiro atoms. The molecular weight excluding hydrogens is 524 g/mol. The summed E-state index contributed by atoms with van der Waals surface area (Å²) in [7, 11) is 1.60. The zero-order chi connectivity index (χ0) is 21.4. The van der Waals surface area contributed by atoms with E-state index in [1.807, 2.05) is 30.3 Å². The minimum Gasteiger partial charge on any atom is -0.484 e. The van der Waals surface area contributed by atoms with Crippen molar-refractivity contribution in [3.63, 3.8) is 0 Å². The quantitative estimate of drug-likeness (QED) is 0.254. The number of para-hydroxylation sites is 1. The molecule has 1 aromatic heterocycles. The number of ether oxygens (including phenoxy) is 1. The molecule has 0 aliphatic heterocycles. The molecule has 3 rings (SSSR count). The van der Waals surface area contributed by atoms with E-state index in [1.54, 1.807) is 31.5 Å². The lowest BCUT2D eigenvalue weighted by molar-refractivity contribution is -0.153. The average molecular weight is 546 g/mol. The molecule has 31 heavy (non-hydrogen) atoms. The zero-order valence-corrected chi connectivity index (χ0v) is 19.0. The highest BCUT2D eigenvalue weighted by Crippen LogP contribution is 2.22. The van der Waals surface area contributed by atoms with Crippen molar-refractivity contribution < 1.29 is 22.3 Å². The van der Waals surface area contributed by atoms with E-state index in [2.05, 4.69) is 20.6 Å². The molecule has 6 nitrogen and oxygen atoms in total. The summed E-state index contributed by atoms with van der Waals surface area (Å²) < 4.78 is 47.7. The van der Waals surface area contributed by atoms with Gasteiger partial charge < -0.3 is 19.8 Å². The molecule has 0 amide bonds. The Morgan fingerprint density at radius 1 is 1.03 bits per heavy atom. The number of aliphatic imine (C=N–C) groups is 1. The van der Waals surface area contributed by atoms with Crippen molar-refractivity contribution in [3.05, 3.63) is 72.1 Å². The van der Waals surface area contributed by atoms with Crippen LogP contribution in [0.1, 0.15) is 11.3 Å². The lowest BCUT2D eigenvalue weighted by Crippen LogP contribution is -2.36. The highest BCUT2D eigenvalue weighted by atomic mass is 127. The van der Waals surface area contributed by atoms with Gasteiger partial charge in [-0.25, -0.2) is 4.98 Å². The first-order valence-corrected chi connectivity index (χ1v) is 9.16. The molecule has 0 radical (unpaired) electrons. The number of hydrogen-bond acceptors (Lipinski definition) is 4. The Labute approximate surface area is 194 Å². The van der Waals surface area contributed by atoms with Crippen molar-refractivity contribution in [2.24, 2.45) is 4.99 Å². The van der Waals surface area contributed by atoms with Crippen molar-refractivity contribution >= 4 is 29.9 Å². The number of nitrogens with one attached hydrogen (secondary N) is 2. The number of nitrogens with zero attached hydrogens (tertiary/aromatic N) is 2. The van der Waals surface area contributed by atoms with E-state index >= 15 is 0 Å². The maximum atomic E-state index is 12.4. The number of rotatable bonds is 7. The second-order valence-corrected chi connectivity index (χ2v) is 6.30. The molecule has 3 aromatic rings. The van der Waals surface area contributed by atoms with E-state index in [1.165, 1.54) is 6.07 Å². The molecule has 0 aliphatic carbocycles. The monoisotopic (exact) mass is 546 g/mol. The van der Waals surface area contributed by atoms with E-state index in [0.717, 1.165) is 5.56 Å². The molecule has 0 atom stereocenters. The average Bonchev–Trinajstić information content (AvgIpc) is 3.22. The van der Waals surface area contributed by atoms with E-state index in [0.29, 0.717) is 29.7 Å². The summed E-state index contributed by atoms with van der Waals surface area (Å²) in [5, 5.41) is 6.14. The fourth-order valence-corrected chi connectivity index (χ4v) is 2.63. The van der Waals surface area contributed by atoms with Gasteiger partial charge in [-0.1, -0.05) is 36.4 Å². The summed E-state index contributed by atoms with van der Waals surface area (Å²) in [5.41, 5.74) is 2.14. The number of hydrogen-bond donors (Lipinski definition) is 2. The van der Waals surface area contributed by atoms with Crippen LogP contribution in [0.15, 0.2) is 70.3 Å². The first-order chi connectivity index (χ1) is 14.4. The number of oxazole rings is 1. The van der Waals surface area contributed by atoms with Gasteiger partial charge in [0.1, 0.15) is 12.0 Å². The third-order valence-corrected chi connectivity index (χ3v) is 4.04. The molecule has 10 heteroatoms.